The number of hydrogen-bond donors (Lipinski definition) is 0. The minimum Gasteiger partial charge on any atom is -0.485 e. The van der Waals surface area contributed by atoms with E-state index in [1.165, 1.54) is 24.5 Å². The van der Waals surface area contributed by atoms with Gasteiger partial charge < -0.3 is 14.0 Å². The number of rotatable bonds is 5. The quantitative estimate of drug-likeness (QED) is 0.670. The number of alkyl halides is 3. The molecular formula is C17H12F3NO3. The van der Waals surface area contributed by atoms with E-state index in [0.29, 0.717) is 5.69 Å². The topological polar surface area (TPSA) is 44.5 Å². The fraction of sp³-hybridized carbons (Fsp3) is 0.118. The fourth-order valence-electron chi connectivity index (χ4n) is 2.07. The molecule has 1 heterocycles. The van der Waals surface area contributed by atoms with Crippen molar-refractivity contribution in [2.24, 2.45) is 0 Å². The van der Waals surface area contributed by atoms with Gasteiger partial charge in [0, 0.05) is 11.6 Å². The Morgan fingerprint density at radius 2 is 1.62 bits per heavy atom. The van der Waals surface area contributed by atoms with Crippen LogP contribution < -0.4 is 9.47 Å². The number of hydrogen-bond acceptors (Lipinski definition) is 4. The second kappa shape index (κ2) is 6.66. The lowest BCUT2D eigenvalue weighted by molar-refractivity contribution is -0.275. The summed E-state index contributed by atoms with van der Waals surface area (Å²) in [5, 5.41) is 3.83. The average Bonchev–Trinajstić information content (AvgIpc) is 3.07. The predicted molar refractivity (Wildman–Crippen MR) is 79.4 cm³/mol. The van der Waals surface area contributed by atoms with Crippen molar-refractivity contribution < 1.29 is 27.2 Å². The first-order valence-corrected chi connectivity index (χ1v) is 6.98. The number of halogens is 3. The fourth-order valence-corrected chi connectivity index (χ4v) is 2.07. The molecule has 1 aromatic heterocycles. The third-order valence-electron chi connectivity index (χ3n) is 3.16. The molecular weight excluding hydrogens is 323 g/mol. The SMILES string of the molecule is FC(F)(F)Oc1ccccc1OCc1ccc(-c2ccon2)cc1. The summed E-state index contributed by atoms with van der Waals surface area (Å²) in [5.41, 5.74) is 2.36. The zero-order chi connectivity index (χ0) is 17.0. The van der Waals surface area contributed by atoms with E-state index in [0.717, 1.165) is 11.1 Å². The van der Waals surface area contributed by atoms with Crippen molar-refractivity contribution in [3.8, 4) is 22.8 Å². The number of aromatic nitrogens is 1. The molecule has 3 rings (SSSR count). The van der Waals surface area contributed by atoms with Crippen molar-refractivity contribution in [2.75, 3.05) is 0 Å². The molecule has 7 heteroatoms. The molecule has 24 heavy (non-hydrogen) atoms. The normalized spacial score (nSPS) is 11.3. The lowest BCUT2D eigenvalue weighted by atomic mass is 10.1. The summed E-state index contributed by atoms with van der Waals surface area (Å²) < 4.78 is 51.3. The van der Waals surface area contributed by atoms with Gasteiger partial charge >= 0.3 is 6.36 Å². The predicted octanol–water partition coefficient (Wildman–Crippen LogP) is 4.82. The van der Waals surface area contributed by atoms with Crippen LogP contribution in [0, 0.1) is 0 Å². The lowest BCUT2D eigenvalue weighted by Gasteiger charge is -2.14. The molecule has 124 valence electrons. The summed E-state index contributed by atoms with van der Waals surface area (Å²) in [7, 11) is 0. The lowest BCUT2D eigenvalue weighted by Crippen LogP contribution is -2.17. The monoisotopic (exact) mass is 335 g/mol. The van der Waals surface area contributed by atoms with E-state index < -0.39 is 6.36 Å². The van der Waals surface area contributed by atoms with Crippen molar-refractivity contribution in [3.05, 3.63) is 66.4 Å². The highest BCUT2D eigenvalue weighted by Gasteiger charge is 2.32. The van der Waals surface area contributed by atoms with Gasteiger partial charge in [0.2, 0.25) is 0 Å². The molecule has 0 bridgehead atoms. The van der Waals surface area contributed by atoms with Gasteiger partial charge in [-0.3, -0.25) is 0 Å². The summed E-state index contributed by atoms with van der Waals surface area (Å²) in [6.07, 6.45) is -3.29. The Kier molecular flexibility index (Phi) is 4.41. The molecule has 0 saturated heterocycles. The van der Waals surface area contributed by atoms with Crippen molar-refractivity contribution in [2.45, 2.75) is 13.0 Å². The Balaban J connectivity index is 1.68. The van der Waals surface area contributed by atoms with Gasteiger partial charge in [0.25, 0.3) is 0 Å². The van der Waals surface area contributed by atoms with Crippen LogP contribution in [0.2, 0.25) is 0 Å². The number of benzene rings is 2. The smallest absolute Gasteiger partial charge is 0.485 e. The van der Waals surface area contributed by atoms with E-state index in [-0.39, 0.29) is 18.1 Å². The molecule has 0 amide bonds. The third-order valence-corrected chi connectivity index (χ3v) is 3.16. The van der Waals surface area contributed by atoms with Gasteiger partial charge in [-0.25, -0.2) is 0 Å². The molecule has 0 unspecified atom stereocenters. The molecule has 0 spiro atoms. The number of nitrogens with zero attached hydrogens (tertiary/aromatic N) is 1. The minimum atomic E-state index is -4.77. The van der Waals surface area contributed by atoms with Crippen molar-refractivity contribution in [1.82, 2.24) is 5.16 Å². The molecule has 0 aliphatic rings. The van der Waals surface area contributed by atoms with Crippen LogP contribution in [0.3, 0.4) is 0 Å². The second-order valence-corrected chi connectivity index (χ2v) is 4.86. The van der Waals surface area contributed by atoms with E-state index in [1.807, 2.05) is 12.1 Å². The van der Waals surface area contributed by atoms with Crippen molar-refractivity contribution >= 4 is 0 Å². The van der Waals surface area contributed by atoms with E-state index >= 15 is 0 Å². The minimum absolute atomic E-state index is 0.0235. The molecule has 0 radical (unpaired) electrons. The molecule has 2 aromatic carbocycles. The maximum absolute atomic E-state index is 12.4. The number of ether oxygens (including phenoxy) is 2. The molecule has 0 fully saturated rings. The van der Waals surface area contributed by atoms with E-state index in [1.54, 1.807) is 24.3 Å². The highest BCUT2D eigenvalue weighted by atomic mass is 19.4. The molecule has 3 aromatic rings. The maximum atomic E-state index is 12.4. The van der Waals surface area contributed by atoms with Crippen molar-refractivity contribution in [1.29, 1.82) is 0 Å². The van der Waals surface area contributed by atoms with Gasteiger partial charge in [-0.15, -0.1) is 13.2 Å². The number of para-hydroxylation sites is 2. The second-order valence-electron chi connectivity index (χ2n) is 4.86. The average molecular weight is 335 g/mol. The Morgan fingerprint density at radius 1 is 0.917 bits per heavy atom. The Bertz CT molecular complexity index is 784. The van der Waals surface area contributed by atoms with Crippen LogP contribution in [0.1, 0.15) is 5.56 Å². The maximum Gasteiger partial charge on any atom is 0.573 e. The molecule has 0 atom stereocenters. The Morgan fingerprint density at radius 3 is 2.25 bits per heavy atom. The zero-order valence-electron chi connectivity index (χ0n) is 12.3. The standard InChI is InChI=1S/C17H12F3NO3/c18-17(19,20)24-16-4-2-1-3-15(16)22-11-12-5-7-13(8-6-12)14-9-10-23-21-14/h1-10H,11H2. The first-order chi connectivity index (χ1) is 11.5. The van der Waals surface area contributed by atoms with Gasteiger partial charge in [-0.2, -0.15) is 0 Å². The van der Waals surface area contributed by atoms with Crippen LogP contribution >= 0.6 is 0 Å². The Hall–Kier alpha value is -2.96. The van der Waals surface area contributed by atoms with E-state index in [2.05, 4.69) is 9.89 Å². The van der Waals surface area contributed by atoms with E-state index in [9.17, 15) is 13.2 Å². The highest BCUT2D eigenvalue weighted by molar-refractivity contribution is 5.58. The van der Waals surface area contributed by atoms with E-state index in [4.69, 9.17) is 9.26 Å². The van der Waals surface area contributed by atoms with Gasteiger partial charge in [0.15, 0.2) is 11.5 Å². The van der Waals surface area contributed by atoms with Crippen LogP contribution in [-0.4, -0.2) is 11.5 Å². The summed E-state index contributed by atoms with van der Waals surface area (Å²) in [4.78, 5) is 0. The molecule has 0 N–H and O–H groups in total. The first kappa shape index (κ1) is 15.9. The molecule has 0 aliphatic carbocycles. The van der Waals surface area contributed by atoms with Crippen LogP contribution in [0.25, 0.3) is 11.3 Å². The summed E-state index contributed by atoms with van der Waals surface area (Å²) in [5.74, 6) is -0.348. The van der Waals surface area contributed by atoms with Gasteiger partial charge in [-0.1, -0.05) is 41.6 Å². The van der Waals surface area contributed by atoms with Crippen LogP contribution in [0.4, 0.5) is 13.2 Å². The van der Waals surface area contributed by atoms with Crippen LogP contribution in [0.15, 0.2) is 65.4 Å². The summed E-state index contributed by atoms with van der Waals surface area (Å²) >= 11 is 0. The van der Waals surface area contributed by atoms with Gasteiger partial charge in [0.1, 0.15) is 18.6 Å². The third kappa shape index (κ3) is 4.07. The van der Waals surface area contributed by atoms with Gasteiger partial charge in [-0.05, 0) is 17.7 Å². The van der Waals surface area contributed by atoms with Gasteiger partial charge in [0.05, 0.1) is 0 Å². The molecule has 4 nitrogen and oxygen atoms in total. The largest absolute Gasteiger partial charge is 0.573 e. The Labute approximate surface area is 135 Å². The zero-order valence-corrected chi connectivity index (χ0v) is 12.3. The molecule has 0 aliphatic heterocycles. The summed E-state index contributed by atoms with van der Waals surface area (Å²) in [6.45, 7) is 0.108. The van der Waals surface area contributed by atoms with Crippen LogP contribution in [0.5, 0.6) is 11.5 Å². The molecule has 0 saturated carbocycles. The van der Waals surface area contributed by atoms with Crippen LogP contribution in [-0.2, 0) is 6.61 Å². The van der Waals surface area contributed by atoms with Crippen molar-refractivity contribution in [3.63, 3.8) is 0 Å². The first-order valence-electron chi connectivity index (χ1n) is 6.98. The summed E-state index contributed by atoms with van der Waals surface area (Å²) in [6, 6.07) is 14.6. The highest BCUT2D eigenvalue weighted by Crippen LogP contribution is 2.32.